The fraction of sp³-hybridized carbons (Fsp3) is 0.421. The molecule has 3 N–H and O–H groups in total. The summed E-state index contributed by atoms with van der Waals surface area (Å²) in [7, 11) is 1.66. The molecule has 0 aliphatic carbocycles. The van der Waals surface area contributed by atoms with Crippen LogP contribution in [0.15, 0.2) is 27.0 Å². The van der Waals surface area contributed by atoms with Crippen molar-refractivity contribution in [2.24, 2.45) is 12.2 Å². The summed E-state index contributed by atoms with van der Waals surface area (Å²) in [6.07, 6.45) is 0. The van der Waals surface area contributed by atoms with E-state index in [4.69, 9.17) is 16.4 Å². The van der Waals surface area contributed by atoms with Crippen molar-refractivity contribution in [2.75, 3.05) is 29.3 Å². The average Bonchev–Trinajstić information content (AvgIpc) is 3.53. The maximum Gasteiger partial charge on any atom is 0.352 e. The molecule has 38 heavy (non-hydrogen) atoms. The number of aliphatic carboxylic acids is 1. The summed E-state index contributed by atoms with van der Waals surface area (Å²) < 4.78 is 1.46. The Morgan fingerprint density at radius 1 is 1.39 bits per heavy atom. The summed E-state index contributed by atoms with van der Waals surface area (Å²) in [4.78, 5) is 60.1. The summed E-state index contributed by atoms with van der Waals surface area (Å²) in [5, 5.41) is 31.5. The number of carbonyl (C=O) groups excluding carboxylic acids is 3. The lowest BCUT2D eigenvalue weighted by Gasteiger charge is -2.49. The quantitative estimate of drug-likeness (QED) is 0.104. The molecule has 2 atom stereocenters. The van der Waals surface area contributed by atoms with Crippen molar-refractivity contribution in [1.82, 2.24) is 35.4 Å². The van der Waals surface area contributed by atoms with Crippen LogP contribution in [-0.2, 0) is 31.1 Å². The summed E-state index contributed by atoms with van der Waals surface area (Å²) in [5.74, 6) is -2.69. The highest BCUT2D eigenvalue weighted by Gasteiger charge is 2.54. The second-order valence-electron chi connectivity index (χ2n) is 7.57. The third kappa shape index (κ3) is 5.77. The van der Waals surface area contributed by atoms with Gasteiger partial charge in [-0.05, 0) is 22.9 Å². The van der Waals surface area contributed by atoms with E-state index in [1.54, 1.807) is 14.0 Å². The topological polar surface area (TPSA) is 194 Å². The molecule has 4 heterocycles. The normalized spacial score (nSPS) is 19.1. The molecule has 15 nitrogen and oxygen atoms in total. The first-order chi connectivity index (χ1) is 18.2. The molecule has 2 aromatic heterocycles. The fourth-order valence-corrected chi connectivity index (χ4v) is 6.54. The van der Waals surface area contributed by atoms with E-state index in [-0.39, 0.29) is 40.5 Å². The molecule has 4 rings (SSSR count). The molecule has 0 radical (unpaired) electrons. The van der Waals surface area contributed by atoms with Gasteiger partial charge in [-0.2, -0.15) is 0 Å². The number of carboxylic acid groups (broad SMARTS) is 1. The van der Waals surface area contributed by atoms with Crippen LogP contribution in [0.4, 0.5) is 5.13 Å². The van der Waals surface area contributed by atoms with Crippen LogP contribution < -0.4 is 10.6 Å². The molecule has 2 aliphatic heterocycles. The number of thiazole rings is 1. The SMILES string of the molecule is CCO/N=C(\C(=O)N[C@@H]1C(=O)N2C(C(=O)O)=C(CSc3nnnn3C)CS[C@H]12)c1csc(NC(=O)CCl)n1. The lowest BCUT2D eigenvalue weighted by molar-refractivity contribution is -0.150. The number of nitrogens with one attached hydrogen (secondary N) is 2. The Kier molecular flexibility index (Phi) is 8.85. The third-order valence-electron chi connectivity index (χ3n) is 5.11. The van der Waals surface area contributed by atoms with Crippen molar-refractivity contribution in [2.45, 2.75) is 23.5 Å². The number of thioether (sulfide) groups is 2. The van der Waals surface area contributed by atoms with Crippen LogP contribution in [0.5, 0.6) is 0 Å². The summed E-state index contributed by atoms with van der Waals surface area (Å²) in [5.41, 5.74) is 0.339. The summed E-state index contributed by atoms with van der Waals surface area (Å²) in [6, 6.07) is -0.986. The highest BCUT2D eigenvalue weighted by molar-refractivity contribution is 8.01. The Morgan fingerprint density at radius 2 is 2.18 bits per heavy atom. The number of hydrogen-bond acceptors (Lipinski definition) is 13. The molecule has 2 aromatic rings. The molecule has 0 aromatic carbocycles. The number of aromatic nitrogens is 5. The number of halogens is 1. The lowest BCUT2D eigenvalue weighted by Crippen LogP contribution is -2.71. The van der Waals surface area contributed by atoms with Crippen LogP contribution in [-0.4, -0.2) is 100 Å². The highest BCUT2D eigenvalue weighted by Crippen LogP contribution is 2.41. The predicted molar refractivity (Wildman–Crippen MR) is 139 cm³/mol. The number of alkyl halides is 1. The number of aryl methyl sites for hydroxylation is 1. The van der Waals surface area contributed by atoms with Crippen LogP contribution in [0.3, 0.4) is 0 Å². The number of nitrogens with zero attached hydrogens (tertiary/aromatic N) is 7. The zero-order valence-corrected chi connectivity index (χ0v) is 23.0. The van der Waals surface area contributed by atoms with Crippen molar-refractivity contribution >= 4 is 81.0 Å². The predicted octanol–water partition coefficient (Wildman–Crippen LogP) is 0.115. The van der Waals surface area contributed by atoms with Gasteiger partial charge >= 0.3 is 5.97 Å². The van der Waals surface area contributed by atoms with Crippen LogP contribution in [0.25, 0.3) is 0 Å². The number of carbonyl (C=O) groups is 4. The molecule has 2 aliphatic rings. The summed E-state index contributed by atoms with van der Waals surface area (Å²) in [6.45, 7) is 1.85. The van der Waals surface area contributed by atoms with Crippen molar-refractivity contribution in [3.05, 3.63) is 22.3 Å². The fourth-order valence-electron chi connectivity index (χ4n) is 3.43. The number of oxime groups is 1. The van der Waals surface area contributed by atoms with Crippen molar-refractivity contribution in [3.8, 4) is 0 Å². The Balaban J connectivity index is 1.48. The van der Waals surface area contributed by atoms with Gasteiger partial charge < -0.3 is 20.6 Å². The van der Waals surface area contributed by atoms with Crippen molar-refractivity contribution in [1.29, 1.82) is 0 Å². The smallest absolute Gasteiger partial charge is 0.352 e. The minimum absolute atomic E-state index is 0.116. The van der Waals surface area contributed by atoms with Gasteiger partial charge in [0.15, 0.2) is 10.8 Å². The molecule has 202 valence electrons. The first kappa shape index (κ1) is 27.8. The van der Waals surface area contributed by atoms with Gasteiger partial charge in [0.2, 0.25) is 11.1 Å². The zero-order chi connectivity index (χ0) is 27.4. The molecular weight excluding hydrogens is 582 g/mol. The average molecular weight is 602 g/mol. The molecule has 0 unspecified atom stereocenters. The first-order valence-electron chi connectivity index (χ1n) is 10.8. The van der Waals surface area contributed by atoms with Gasteiger partial charge in [-0.1, -0.05) is 16.9 Å². The number of amides is 3. The Morgan fingerprint density at radius 3 is 2.84 bits per heavy atom. The van der Waals surface area contributed by atoms with Crippen LogP contribution in [0.2, 0.25) is 0 Å². The van der Waals surface area contributed by atoms with E-state index < -0.39 is 35.1 Å². The third-order valence-corrected chi connectivity index (χ3v) is 8.54. The first-order valence-corrected chi connectivity index (χ1v) is 14.3. The van der Waals surface area contributed by atoms with E-state index in [0.717, 1.165) is 11.3 Å². The number of rotatable bonds is 11. The van der Waals surface area contributed by atoms with E-state index in [1.165, 1.54) is 38.5 Å². The van der Waals surface area contributed by atoms with Crippen molar-refractivity contribution < 1.29 is 29.1 Å². The largest absolute Gasteiger partial charge is 0.477 e. The molecule has 1 saturated heterocycles. The van der Waals surface area contributed by atoms with Crippen molar-refractivity contribution in [3.63, 3.8) is 0 Å². The number of tetrazole rings is 1. The maximum atomic E-state index is 13.1. The molecule has 0 saturated carbocycles. The molecule has 0 spiro atoms. The van der Waals surface area contributed by atoms with Gasteiger partial charge in [0.05, 0.1) is 0 Å². The van der Waals surface area contributed by atoms with E-state index in [9.17, 15) is 24.3 Å². The van der Waals surface area contributed by atoms with Gasteiger partial charge in [-0.25, -0.2) is 14.5 Å². The molecule has 3 amide bonds. The Hall–Kier alpha value is -3.22. The number of carboxylic acids is 1. The van der Waals surface area contributed by atoms with Gasteiger partial charge in [0.1, 0.15) is 35.3 Å². The second-order valence-corrected chi connectivity index (χ2v) is 10.7. The van der Waals surface area contributed by atoms with Crippen LogP contribution in [0.1, 0.15) is 12.6 Å². The minimum Gasteiger partial charge on any atom is -0.477 e. The summed E-state index contributed by atoms with van der Waals surface area (Å²) >= 11 is 9.13. The Bertz CT molecular complexity index is 1330. The van der Waals surface area contributed by atoms with Gasteiger partial charge in [0.25, 0.3) is 11.8 Å². The van der Waals surface area contributed by atoms with Gasteiger partial charge in [-0.3, -0.25) is 19.3 Å². The van der Waals surface area contributed by atoms with Gasteiger partial charge in [-0.15, -0.1) is 39.8 Å². The monoisotopic (exact) mass is 601 g/mol. The molecule has 19 heteroatoms. The van der Waals surface area contributed by atoms with E-state index >= 15 is 0 Å². The van der Waals surface area contributed by atoms with E-state index in [1.807, 2.05) is 0 Å². The second kappa shape index (κ2) is 12.1. The van der Waals surface area contributed by atoms with E-state index in [2.05, 4.69) is 36.3 Å². The number of anilines is 1. The molecule has 0 bridgehead atoms. The zero-order valence-electron chi connectivity index (χ0n) is 19.8. The standard InChI is InChI=1S/C19H20ClN9O6S3/c1-3-35-25-11(9-7-37-18(21-9)22-10(30)4-20)14(31)23-12-15(32)29-13(17(33)34)8(5-36-16(12)29)6-38-19-24-26-27-28(19)2/h7,12,16H,3-6H2,1-2H3,(H,23,31)(H,33,34)(H,21,22,30)/b25-11-/t12-,16-/m1/s1. The van der Waals surface area contributed by atoms with Crippen LogP contribution in [0, 0.1) is 0 Å². The Labute approximate surface area is 232 Å². The van der Waals surface area contributed by atoms with Gasteiger partial charge in [0, 0.05) is 23.9 Å². The molecule has 1 fully saturated rings. The molecular formula is C19H20ClN9O6S3. The maximum absolute atomic E-state index is 13.1. The lowest BCUT2D eigenvalue weighted by atomic mass is 10.0. The van der Waals surface area contributed by atoms with E-state index in [0.29, 0.717) is 16.5 Å². The highest BCUT2D eigenvalue weighted by atomic mass is 35.5. The number of hydrogen-bond donors (Lipinski definition) is 3. The van der Waals surface area contributed by atoms with Crippen LogP contribution >= 0.6 is 46.5 Å². The number of fused-ring (bicyclic) bond motifs is 1. The number of β-lactam (4-membered cyclic amide) rings is 1. The minimum atomic E-state index is -1.24.